The Morgan fingerprint density at radius 1 is 1.48 bits per heavy atom. The molecule has 12 heteroatoms. The van der Waals surface area contributed by atoms with E-state index in [2.05, 4.69) is 20.1 Å². The molecule has 0 spiro atoms. The molecule has 0 unspecified atom stereocenters. The van der Waals surface area contributed by atoms with Gasteiger partial charge in [-0.05, 0) is 12.5 Å². The number of urea groups is 1. The van der Waals surface area contributed by atoms with Gasteiger partial charge < -0.3 is 20.1 Å². The first-order valence-corrected chi connectivity index (χ1v) is 7.71. The van der Waals surface area contributed by atoms with Gasteiger partial charge in [-0.25, -0.2) is 14.0 Å². The van der Waals surface area contributed by atoms with Gasteiger partial charge in [0.05, 0.1) is 31.0 Å². The maximum atomic E-state index is 13.3. The molecule has 0 aromatic carbocycles. The fourth-order valence-corrected chi connectivity index (χ4v) is 2.91. The number of aliphatic carboxylic acids is 1. The van der Waals surface area contributed by atoms with E-state index in [9.17, 15) is 23.9 Å². The summed E-state index contributed by atoms with van der Waals surface area (Å²) in [5.41, 5.74) is 1.10. The summed E-state index contributed by atoms with van der Waals surface area (Å²) in [5.74, 6) is -2.54. The molecule has 1 saturated heterocycles. The van der Waals surface area contributed by atoms with Gasteiger partial charge in [0.15, 0.2) is 0 Å². The van der Waals surface area contributed by atoms with Crippen molar-refractivity contribution in [3.8, 4) is 0 Å². The molecule has 0 radical (unpaired) electrons. The largest absolute Gasteiger partial charge is 1.00 e. The molecular formula is C15H15FLiN5O5. The minimum Gasteiger partial charge on any atom is -0.544 e. The number of alkyl halides is 1. The normalized spacial score (nSPS) is 22.0. The molecule has 1 fully saturated rings. The van der Waals surface area contributed by atoms with Gasteiger partial charge in [0.2, 0.25) is 5.91 Å². The van der Waals surface area contributed by atoms with Crippen molar-refractivity contribution < 1.29 is 47.6 Å². The third-order valence-electron chi connectivity index (χ3n) is 4.02. The van der Waals surface area contributed by atoms with Gasteiger partial charge in [-0.2, -0.15) is 5.06 Å². The van der Waals surface area contributed by atoms with E-state index in [1.807, 2.05) is 0 Å². The zero-order valence-electron chi connectivity index (χ0n) is 14.7. The zero-order chi connectivity index (χ0) is 18.8. The Morgan fingerprint density at radius 3 is 2.85 bits per heavy atom. The fourth-order valence-electron chi connectivity index (χ4n) is 2.91. The Balaban J connectivity index is 0.00000261. The third-order valence-corrected chi connectivity index (χ3v) is 4.02. The monoisotopic (exact) mass is 371 g/mol. The number of amides is 3. The van der Waals surface area contributed by atoms with Crippen LogP contribution in [-0.2, 0) is 21.0 Å². The number of nitrogens with one attached hydrogen (secondary N) is 1. The van der Waals surface area contributed by atoms with Crippen LogP contribution in [0.15, 0.2) is 30.2 Å². The van der Waals surface area contributed by atoms with Crippen molar-refractivity contribution in [1.82, 2.24) is 25.2 Å². The predicted octanol–water partition coefficient (Wildman–Crippen LogP) is -4.49. The molecule has 3 rings (SSSR count). The molecule has 2 bridgehead atoms. The Hall–Kier alpha value is -2.48. The Morgan fingerprint density at radius 2 is 2.22 bits per heavy atom. The van der Waals surface area contributed by atoms with Crippen LogP contribution in [0.5, 0.6) is 0 Å². The summed E-state index contributed by atoms with van der Waals surface area (Å²) in [7, 11) is 0. The second-order valence-corrected chi connectivity index (χ2v) is 5.80. The van der Waals surface area contributed by atoms with Crippen LogP contribution in [0, 0.1) is 0 Å². The minimum atomic E-state index is -2.78. The number of halogens is 1. The molecule has 138 valence electrons. The van der Waals surface area contributed by atoms with Gasteiger partial charge in [0, 0.05) is 12.4 Å². The molecule has 0 saturated carbocycles. The number of aromatic nitrogens is 2. The number of hydrogen-bond acceptors (Lipinski definition) is 7. The first-order valence-electron chi connectivity index (χ1n) is 7.71. The van der Waals surface area contributed by atoms with Crippen molar-refractivity contribution in [2.75, 3.05) is 6.54 Å². The smallest absolute Gasteiger partial charge is 0.544 e. The van der Waals surface area contributed by atoms with Crippen molar-refractivity contribution in [3.05, 3.63) is 35.9 Å². The number of fused-ring (bicyclic) bond motifs is 2. The van der Waals surface area contributed by atoms with Crippen LogP contribution < -0.4 is 29.3 Å². The van der Waals surface area contributed by atoms with Crippen LogP contribution in [0.1, 0.15) is 12.6 Å². The zero-order valence-corrected chi connectivity index (χ0v) is 14.7. The number of carbonyl (C=O) groups is 3. The average molecular weight is 371 g/mol. The van der Waals surface area contributed by atoms with E-state index in [4.69, 9.17) is 0 Å². The molecule has 1 N–H and O–H groups in total. The van der Waals surface area contributed by atoms with E-state index in [0.29, 0.717) is 16.3 Å². The van der Waals surface area contributed by atoms with Crippen LogP contribution in [0.2, 0.25) is 0 Å². The topological polar surface area (TPSA) is 128 Å². The minimum absolute atomic E-state index is 0. The Kier molecular flexibility index (Phi) is 6.53. The van der Waals surface area contributed by atoms with Crippen molar-refractivity contribution in [2.24, 2.45) is 0 Å². The number of carboxylic acids is 1. The van der Waals surface area contributed by atoms with Crippen molar-refractivity contribution in [2.45, 2.75) is 31.9 Å². The summed E-state index contributed by atoms with van der Waals surface area (Å²) < 4.78 is 13.3. The van der Waals surface area contributed by atoms with E-state index in [1.54, 1.807) is 13.0 Å². The van der Waals surface area contributed by atoms with Crippen LogP contribution in [-0.4, -0.2) is 62.8 Å². The quantitative estimate of drug-likeness (QED) is 0.394. The second kappa shape index (κ2) is 8.47. The number of rotatable bonds is 6. The number of carbonyl (C=O) groups excluding carboxylic acids is 3. The van der Waals surface area contributed by atoms with E-state index >= 15 is 0 Å². The van der Waals surface area contributed by atoms with E-state index < -0.39 is 36.3 Å². The van der Waals surface area contributed by atoms with Gasteiger partial charge in [-0.3, -0.25) is 14.8 Å². The molecule has 2 aliphatic heterocycles. The number of hydrogen-bond donors (Lipinski definition) is 1. The average Bonchev–Trinajstić information content (AvgIpc) is 2.86. The molecule has 27 heavy (non-hydrogen) atoms. The van der Waals surface area contributed by atoms with Crippen LogP contribution in [0.25, 0.3) is 0 Å². The third kappa shape index (κ3) is 4.27. The molecule has 3 heterocycles. The summed E-state index contributed by atoms with van der Waals surface area (Å²) in [6, 6.07) is -2.40. The standard InChI is InChI=1S/C15H16FN5O5.Li/c1-8-4-10-7-20(15(25)21(10)26-12(16)14(23)24)11(8)13(22)19-6-9-5-17-2-3-18-9;/h2-5,10-12H,6-7H2,1H3,(H,19,22)(H,23,24);/q;+1/p-1/t10-,11+,12-;/m1./s1. The van der Waals surface area contributed by atoms with Crippen molar-refractivity contribution in [1.29, 1.82) is 0 Å². The van der Waals surface area contributed by atoms with Crippen molar-refractivity contribution in [3.63, 3.8) is 0 Å². The molecule has 3 atom stereocenters. The fraction of sp³-hybridized carbons (Fsp3) is 0.400. The summed E-state index contributed by atoms with van der Waals surface area (Å²) in [6.07, 6.45) is 3.27. The molecule has 1 aromatic heterocycles. The molecular weight excluding hydrogens is 356 g/mol. The number of hydroxylamine groups is 2. The van der Waals surface area contributed by atoms with Crippen LogP contribution in [0.3, 0.4) is 0 Å². The van der Waals surface area contributed by atoms with Crippen LogP contribution in [0.4, 0.5) is 9.18 Å². The maximum absolute atomic E-state index is 13.3. The first-order chi connectivity index (χ1) is 12.4. The van der Waals surface area contributed by atoms with Gasteiger partial charge in [0.1, 0.15) is 12.0 Å². The number of carboxylic acid groups (broad SMARTS) is 1. The van der Waals surface area contributed by atoms with Crippen LogP contribution >= 0.6 is 0 Å². The summed E-state index contributed by atoms with van der Waals surface area (Å²) >= 11 is 0. The summed E-state index contributed by atoms with van der Waals surface area (Å²) in [5, 5.41) is 13.8. The van der Waals surface area contributed by atoms with Gasteiger partial charge in [0.25, 0.3) is 6.36 Å². The molecule has 3 amide bonds. The Labute approximate surface area is 165 Å². The summed E-state index contributed by atoms with van der Waals surface area (Å²) in [4.78, 5) is 49.0. The van der Waals surface area contributed by atoms with Gasteiger partial charge in [-0.15, -0.1) is 0 Å². The molecule has 2 aliphatic rings. The molecule has 0 aliphatic carbocycles. The van der Waals surface area contributed by atoms with E-state index in [0.717, 1.165) is 0 Å². The SMILES string of the molecule is CC1=C[C@@H]2CN(C(=O)N2O[C@@H](F)C(=O)[O-])[C@@H]1C(=O)NCc1cnccn1.[Li+]. The maximum Gasteiger partial charge on any atom is 1.00 e. The molecule has 10 nitrogen and oxygen atoms in total. The number of nitrogens with zero attached hydrogens (tertiary/aromatic N) is 4. The van der Waals surface area contributed by atoms with E-state index in [-0.39, 0.29) is 32.0 Å². The van der Waals surface area contributed by atoms with Gasteiger partial charge >= 0.3 is 24.9 Å². The van der Waals surface area contributed by atoms with Gasteiger partial charge in [-0.1, -0.05) is 6.08 Å². The Bertz CT molecular complexity index is 764. The van der Waals surface area contributed by atoms with E-state index in [1.165, 1.54) is 23.5 Å². The predicted molar refractivity (Wildman–Crippen MR) is 80.1 cm³/mol. The second-order valence-electron chi connectivity index (χ2n) is 5.80. The summed E-state index contributed by atoms with van der Waals surface area (Å²) in [6.45, 7) is 1.84. The first kappa shape index (κ1) is 20.8. The van der Waals surface area contributed by atoms with Crippen molar-refractivity contribution >= 4 is 17.9 Å². The molecule has 1 aromatic rings.